The SMILES string of the molecule is O=C(NCc1ccon1)c1ccc(-c2noc(C3CC3)n2)cc1. The van der Waals surface area contributed by atoms with Crippen LogP contribution in [0.2, 0.25) is 0 Å². The molecule has 116 valence electrons. The Morgan fingerprint density at radius 3 is 2.70 bits per heavy atom. The molecule has 1 aromatic carbocycles. The number of carbonyl (C=O) groups excluding carboxylic acids is 1. The van der Waals surface area contributed by atoms with Crippen LogP contribution in [0, 0.1) is 0 Å². The fraction of sp³-hybridized carbons (Fsp3) is 0.250. The van der Waals surface area contributed by atoms with E-state index < -0.39 is 0 Å². The summed E-state index contributed by atoms with van der Waals surface area (Å²) in [6, 6.07) is 8.80. The van der Waals surface area contributed by atoms with Gasteiger partial charge in [-0.1, -0.05) is 22.4 Å². The van der Waals surface area contributed by atoms with Crippen molar-refractivity contribution in [2.75, 3.05) is 0 Å². The second kappa shape index (κ2) is 5.68. The highest BCUT2D eigenvalue weighted by atomic mass is 16.5. The molecule has 1 aliphatic rings. The minimum Gasteiger partial charge on any atom is -0.364 e. The zero-order chi connectivity index (χ0) is 15.6. The molecule has 2 aromatic heterocycles. The molecule has 0 spiro atoms. The summed E-state index contributed by atoms with van der Waals surface area (Å²) in [5, 5.41) is 10.5. The lowest BCUT2D eigenvalue weighted by atomic mass is 10.1. The first-order chi connectivity index (χ1) is 11.3. The van der Waals surface area contributed by atoms with E-state index in [9.17, 15) is 4.79 Å². The van der Waals surface area contributed by atoms with Crippen molar-refractivity contribution in [1.29, 1.82) is 0 Å². The molecule has 0 aliphatic heterocycles. The maximum atomic E-state index is 12.1. The van der Waals surface area contributed by atoms with Gasteiger partial charge in [-0.05, 0) is 25.0 Å². The summed E-state index contributed by atoms with van der Waals surface area (Å²) in [4.78, 5) is 16.5. The fourth-order valence-corrected chi connectivity index (χ4v) is 2.22. The van der Waals surface area contributed by atoms with Crippen LogP contribution in [0.25, 0.3) is 11.4 Å². The molecule has 3 aromatic rings. The van der Waals surface area contributed by atoms with Gasteiger partial charge in [-0.25, -0.2) is 0 Å². The van der Waals surface area contributed by atoms with E-state index in [1.165, 1.54) is 6.26 Å². The molecule has 7 heteroatoms. The number of amides is 1. The average Bonchev–Trinajstić information content (AvgIpc) is 3.11. The van der Waals surface area contributed by atoms with Gasteiger partial charge in [-0.15, -0.1) is 0 Å². The molecular formula is C16H14N4O3. The molecular weight excluding hydrogens is 296 g/mol. The molecule has 0 saturated heterocycles. The Balaban J connectivity index is 1.43. The van der Waals surface area contributed by atoms with E-state index in [2.05, 4.69) is 20.6 Å². The van der Waals surface area contributed by atoms with Crippen LogP contribution >= 0.6 is 0 Å². The summed E-state index contributed by atoms with van der Waals surface area (Å²) in [5.74, 6) is 1.51. The predicted molar refractivity (Wildman–Crippen MR) is 79.4 cm³/mol. The molecule has 0 unspecified atom stereocenters. The van der Waals surface area contributed by atoms with Crippen LogP contribution < -0.4 is 5.32 Å². The van der Waals surface area contributed by atoms with Crippen molar-refractivity contribution in [2.24, 2.45) is 0 Å². The van der Waals surface area contributed by atoms with E-state index in [0.29, 0.717) is 35.4 Å². The Morgan fingerprint density at radius 2 is 2.00 bits per heavy atom. The summed E-state index contributed by atoms with van der Waals surface area (Å²) in [6.45, 7) is 0.326. The third kappa shape index (κ3) is 2.98. The number of nitrogens with zero attached hydrogens (tertiary/aromatic N) is 3. The Bertz CT molecular complexity index is 804. The van der Waals surface area contributed by atoms with Gasteiger partial charge in [-0.2, -0.15) is 4.98 Å². The highest BCUT2D eigenvalue weighted by Gasteiger charge is 2.29. The smallest absolute Gasteiger partial charge is 0.251 e. The van der Waals surface area contributed by atoms with Gasteiger partial charge >= 0.3 is 0 Å². The Hall–Kier alpha value is -2.96. The third-order valence-electron chi connectivity index (χ3n) is 3.69. The summed E-state index contributed by atoms with van der Waals surface area (Å²) >= 11 is 0. The van der Waals surface area contributed by atoms with Gasteiger partial charge in [0, 0.05) is 23.1 Å². The van der Waals surface area contributed by atoms with Gasteiger partial charge < -0.3 is 14.4 Å². The van der Waals surface area contributed by atoms with E-state index in [1.807, 2.05) is 12.1 Å². The zero-order valence-electron chi connectivity index (χ0n) is 12.2. The second-order valence-electron chi connectivity index (χ2n) is 5.48. The molecule has 7 nitrogen and oxygen atoms in total. The van der Waals surface area contributed by atoms with Crippen molar-refractivity contribution in [3.8, 4) is 11.4 Å². The summed E-state index contributed by atoms with van der Waals surface area (Å²) in [6.07, 6.45) is 3.70. The average molecular weight is 310 g/mol. The van der Waals surface area contributed by atoms with Crippen molar-refractivity contribution in [3.63, 3.8) is 0 Å². The summed E-state index contributed by atoms with van der Waals surface area (Å²) in [7, 11) is 0. The molecule has 2 heterocycles. The van der Waals surface area contributed by atoms with Crippen molar-refractivity contribution in [2.45, 2.75) is 25.3 Å². The van der Waals surface area contributed by atoms with E-state index in [1.54, 1.807) is 18.2 Å². The van der Waals surface area contributed by atoms with Crippen molar-refractivity contribution in [1.82, 2.24) is 20.6 Å². The lowest BCUT2D eigenvalue weighted by Crippen LogP contribution is -2.22. The van der Waals surface area contributed by atoms with Gasteiger partial charge in [-0.3, -0.25) is 4.79 Å². The largest absolute Gasteiger partial charge is 0.364 e. The summed E-state index contributed by atoms with van der Waals surface area (Å²) < 4.78 is 9.96. The number of carbonyl (C=O) groups is 1. The third-order valence-corrected chi connectivity index (χ3v) is 3.69. The van der Waals surface area contributed by atoms with Gasteiger partial charge in [0.25, 0.3) is 5.91 Å². The van der Waals surface area contributed by atoms with Crippen molar-refractivity contribution < 1.29 is 13.8 Å². The van der Waals surface area contributed by atoms with Crippen LogP contribution in [0.15, 0.2) is 45.6 Å². The first kappa shape index (κ1) is 13.7. The van der Waals surface area contributed by atoms with Gasteiger partial charge in [0.2, 0.25) is 11.7 Å². The van der Waals surface area contributed by atoms with E-state index in [0.717, 1.165) is 18.4 Å². The number of hydrogen-bond donors (Lipinski definition) is 1. The van der Waals surface area contributed by atoms with Crippen LogP contribution in [0.1, 0.15) is 40.7 Å². The van der Waals surface area contributed by atoms with Crippen molar-refractivity contribution >= 4 is 5.91 Å². The number of aromatic nitrogens is 3. The van der Waals surface area contributed by atoms with Gasteiger partial charge in [0.15, 0.2) is 0 Å². The maximum Gasteiger partial charge on any atom is 0.251 e. The lowest BCUT2D eigenvalue weighted by Gasteiger charge is -2.03. The number of benzene rings is 1. The first-order valence-electron chi connectivity index (χ1n) is 7.41. The topological polar surface area (TPSA) is 94.1 Å². The Labute approximate surface area is 131 Å². The quantitative estimate of drug-likeness (QED) is 0.778. The molecule has 1 amide bonds. The van der Waals surface area contributed by atoms with Crippen LogP contribution in [-0.4, -0.2) is 21.2 Å². The van der Waals surface area contributed by atoms with Crippen LogP contribution in [-0.2, 0) is 6.54 Å². The standard InChI is InChI=1S/C16H14N4O3/c21-15(17-9-13-7-8-22-19-13)11-3-1-10(2-4-11)14-18-16(23-20-14)12-5-6-12/h1-4,7-8,12H,5-6,9H2,(H,17,21). The van der Waals surface area contributed by atoms with Crippen LogP contribution in [0.3, 0.4) is 0 Å². The molecule has 1 aliphatic carbocycles. The highest BCUT2D eigenvalue weighted by Crippen LogP contribution is 2.39. The van der Waals surface area contributed by atoms with Crippen molar-refractivity contribution in [3.05, 3.63) is 53.7 Å². The molecule has 0 atom stereocenters. The highest BCUT2D eigenvalue weighted by molar-refractivity contribution is 5.94. The zero-order valence-corrected chi connectivity index (χ0v) is 12.2. The van der Waals surface area contributed by atoms with E-state index >= 15 is 0 Å². The molecule has 23 heavy (non-hydrogen) atoms. The molecule has 1 fully saturated rings. The molecule has 0 bridgehead atoms. The first-order valence-corrected chi connectivity index (χ1v) is 7.41. The molecule has 1 N–H and O–H groups in total. The summed E-state index contributed by atoms with van der Waals surface area (Å²) in [5.41, 5.74) is 2.06. The molecule has 0 radical (unpaired) electrons. The van der Waals surface area contributed by atoms with Crippen LogP contribution in [0.4, 0.5) is 0 Å². The number of hydrogen-bond acceptors (Lipinski definition) is 6. The second-order valence-corrected chi connectivity index (χ2v) is 5.48. The van der Waals surface area contributed by atoms with Gasteiger partial charge in [0.05, 0.1) is 6.54 Å². The van der Waals surface area contributed by atoms with E-state index in [4.69, 9.17) is 9.05 Å². The van der Waals surface area contributed by atoms with Gasteiger partial charge in [0.1, 0.15) is 12.0 Å². The molecule has 4 rings (SSSR count). The number of nitrogens with one attached hydrogen (secondary N) is 1. The maximum absolute atomic E-state index is 12.1. The minimum absolute atomic E-state index is 0.175. The predicted octanol–water partition coefficient (Wildman–Crippen LogP) is 2.53. The number of rotatable bonds is 5. The normalized spacial score (nSPS) is 13.9. The minimum atomic E-state index is -0.175. The molecule has 1 saturated carbocycles. The Kier molecular flexibility index (Phi) is 3.38. The monoisotopic (exact) mass is 310 g/mol. The van der Waals surface area contributed by atoms with E-state index in [-0.39, 0.29) is 5.91 Å². The van der Waals surface area contributed by atoms with Crippen LogP contribution in [0.5, 0.6) is 0 Å². The fourth-order valence-electron chi connectivity index (χ4n) is 2.22. The lowest BCUT2D eigenvalue weighted by molar-refractivity contribution is 0.0950. The Morgan fingerprint density at radius 1 is 1.17 bits per heavy atom.